The molecule has 2 aromatic heterocycles. The summed E-state index contributed by atoms with van der Waals surface area (Å²) >= 11 is 3.13. The van der Waals surface area contributed by atoms with Gasteiger partial charge in [0.1, 0.15) is 27.8 Å². The van der Waals surface area contributed by atoms with Gasteiger partial charge in [-0.25, -0.2) is 14.4 Å². The van der Waals surface area contributed by atoms with Crippen molar-refractivity contribution in [2.75, 3.05) is 0 Å². The Morgan fingerprint density at radius 1 is 1.14 bits per heavy atom. The van der Waals surface area contributed by atoms with Gasteiger partial charge in [0.05, 0.1) is 6.61 Å². The summed E-state index contributed by atoms with van der Waals surface area (Å²) in [5, 5.41) is 3.91. The van der Waals surface area contributed by atoms with Crippen LogP contribution in [0.15, 0.2) is 65.3 Å². The minimum atomic E-state index is -0.495. The second-order valence-corrected chi connectivity index (χ2v) is 8.19. The van der Waals surface area contributed by atoms with Crippen molar-refractivity contribution in [2.24, 2.45) is 0 Å². The van der Waals surface area contributed by atoms with E-state index < -0.39 is 6.29 Å². The third-order valence-electron chi connectivity index (χ3n) is 4.48. The zero-order chi connectivity index (χ0) is 18.9. The summed E-state index contributed by atoms with van der Waals surface area (Å²) in [6, 6.07) is 14.8. The van der Waals surface area contributed by atoms with E-state index >= 15 is 0 Å². The lowest BCUT2D eigenvalue weighted by Gasteiger charge is -2.28. The van der Waals surface area contributed by atoms with Gasteiger partial charge in [-0.15, -0.1) is 23.1 Å². The first kappa shape index (κ1) is 17.6. The van der Waals surface area contributed by atoms with Gasteiger partial charge in [-0.05, 0) is 23.6 Å². The SMILES string of the molecule is Fc1cc2c(c(CSc3ncnc4sccc34)c1)OC(c1ccccc1)OC2. The van der Waals surface area contributed by atoms with E-state index in [-0.39, 0.29) is 5.82 Å². The fourth-order valence-electron chi connectivity index (χ4n) is 3.19. The average Bonchev–Trinajstić information content (AvgIpc) is 3.22. The van der Waals surface area contributed by atoms with Crippen LogP contribution in [0.25, 0.3) is 10.2 Å². The second kappa shape index (κ2) is 7.50. The van der Waals surface area contributed by atoms with E-state index in [4.69, 9.17) is 9.47 Å². The van der Waals surface area contributed by atoms with Crippen LogP contribution >= 0.6 is 23.1 Å². The standard InChI is InChI=1S/C21H15FN2O2S2/c22-16-8-14-10-25-21(13-4-2-1-3-5-13)26-18(14)15(9-16)11-28-20-17-6-7-27-19(17)23-12-24-20/h1-9,12,21H,10-11H2. The molecule has 3 heterocycles. The van der Waals surface area contributed by atoms with Crippen molar-refractivity contribution in [1.29, 1.82) is 0 Å². The highest BCUT2D eigenvalue weighted by Gasteiger charge is 2.25. The Balaban J connectivity index is 1.44. The van der Waals surface area contributed by atoms with Gasteiger partial charge in [-0.1, -0.05) is 30.3 Å². The summed E-state index contributed by atoms with van der Waals surface area (Å²) in [4.78, 5) is 9.62. The molecule has 0 amide bonds. The Hall–Kier alpha value is -2.48. The van der Waals surface area contributed by atoms with Crippen LogP contribution in [0.1, 0.15) is 23.0 Å². The van der Waals surface area contributed by atoms with Gasteiger partial charge in [0.15, 0.2) is 0 Å². The molecule has 0 saturated carbocycles. The van der Waals surface area contributed by atoms with Gasteiger partial charge in [-0.3, -0.25) is 0 Å². The predicted molar refractivity (Wildman–Crippen MR) is 108 cm³/mol. The molecule has 5 rings (SSSR count). The Kier molecular flexibility index (Phi) is 4.72. The lowest BCUT2D eigenvalue weighted by Crippen LogP contribution is -2.19. The number of thioether (sulfide) groups is 1. The molecule has 0 spiro atoms. The van der Waals surface area contributed by atoms with Crippen LogP contribution in [0.3, 0.4) is 0 Å². The zero-order valence-corrected chi connectivity index (χ0v) is 16.3. The summed E-state index contributed by atoms with van der Waals surface area (Å²) in [7, 11) is 0. The summed E-state index contributed by atoms with van der Waals surface area (Å²) < 4.78 is 26.1. The highest BCUT2D eigenvalue weighted by Crippen LogP contribution is 2.39. The van der Waals surface area contributed by atoms with Gasteiger partial charge in [0.2, 0.25) is 6.29 Å². The third-order valence-corrected chi connectivity index (χ3v) is 6.36. The number of nitrogens with zero attached hydrogens (tertiary/aromatic N) is 2. The molecule has 0 fully saturated rings. The molecule has 0 N–H and O–H groups in total. The van der Waals surface area contributed by atoms with Crippen molar-refractivity contribution in [3.8, 4) is 5.75 Å². The minimum absolute atomic E-state index is 0.289. The maximum atomic E-state index is 14.2. The fraction of sp³-hybridized carbons (Fsp3) is 0.143. The van der Waals surface area contributed by atoms with Crippen molar-refractivity contribution in [2.45, 2.75) is 23.7 Å². The molecule has 140 valence electrons. The first-order chi connectivity index (χ1) is 13.8. The van der Waals surface area contributed by atoms with E-state index in [1.165, 1.54) is 12.1 Å². The number of hydrogen-bond donors (Lipinski definition) is 0. The Labute approximate surface area is 169 Å². The van der Waals surface area contributed by atoms with Crippen LogP contribution < -0.4 is 4.74 Å². The Bertz CT molecular complexity index is 1130. The number of halogens is 1. The average molecular weight is 410 g/mol. The topological polar surface area (TPSA) is 44.2 Å². The number of thiophene rings is 1. The van der Waals surface area contributed by atoms with Crippen molar-refractivity contribution in [3.63, 3.8) is 0 Å². The summed E-state index contributed by atoms with van der Waals surface area (Å²) in [6.07, 6.45) is 1.07. The fourth-order valence-corrected chi connectivity index (χ4v) is 4.93. The maximum absolute atomic E-state index is 14.2. The van der Waals surface area contributed by atoms with E-state index in [0.717, 1.165) is 31.9 Å². The van der Waals surface area contributed by atoms with Crippen LogP contribution in [0.2, 0.25) is 0 Å². The molecule has 4 aromatic rings. The first-order valence-electron chi connectivity index (χ1n) is 8.73. The molecule has 28 heavy (non-hydrogen) atoms. The van der Waals surface area contributed by atoms with Crippen LogP contribution in [0.4, 0.5) is 4.39 Å². The molecule has 1 aliphatic heterocycles. The lowest BCUT2D eigenvalue weighted by molar-refractivity contribution is -0.112. The van der Waals surface area contributed by atoms with Crippen LogP contribution in [0.5, 0.6) is 5.75 Å². The summed E-state index contributed by atoms with van der Waals surface area (Å²) in [6.45, 7) is 0.312. The number of aromatic nitrogens is 2. The Morgan fingerprint density at radius 2 is 2.04 bits per heavy atom. The van der Waals surface area contributed by atoms with Crippen molar-refractivity contribution in [1.82, 2.24) is 9.97 Å². The summed E-state index contributed by atoms with van der Waals surface area (Å²) in [5.41, 5.74) is 2.46. The molecule has 0 aliphatic carbocycles. The van der Waals surface area contributed by atoms with Crippen LogP contribution in [-0.4, -0.2) is 9.97 Å². The van der Waals surface area contributed by atoms with E-state index in [2.05, 4.69) is 9.97 Å². The molecule has 4 nitrogen and oxygen atoms in total. The van der Waals surface area contributed by atoms with Crippen molar-refractivity contribution < 1.29 is 13.9 Å². The van der Waals surface area contributed by atoms with Gasteiger partial charge in [-0.2, -0.15) is 0 Å². The third kappa shape index (κ3) is 3.37. The molecule has 2 aromatic carbocycles. The molecule has 0 saturated heterocycles. The van der Waals surface area contributed by atoms with Gasteiger partial charge in [0, 0.05) is 27.8 Å². The summed E-state index contributed by atoms with van der Waals surface area (Å²) in [5.74, 6) is 0.955. The lowest BCUT2D eigenvalue weighted by atomic mass is 10.1. The number of benzene rings is 2. The normalized spacial score (nSPS) is 16.0. The van der Waals surface area contributed by atoms with Crippen molar-refractivity contribution >= 4 is 33.3 Å². The quantitative estimate of drug-likeness (QED) is 0.317. The van der Waals surface area contributed by atoms with E-state index in [0.29, 0.717) is 18.1 Å². The predicted octanol–water partition coefficient (Wildman–Crippen LogP) is 5.73. The molecule has 0 radical (unpaired) electrons. The zero-order valence-electron chi connectivity index (χ0n) is 14.7. The number of rotatable bonds is 4. The largest absolute Gasteiger partial charge is 0.460 e. The van der Waals surface area contributed by atoms with E-state index in [1.54, 1.807) is 29.4 Å². The second-order valence-electron chi connectivity index (χ2n) is 6.33. The molecular weight excluding hydrogens is 395 g/mol. The molecule has 0 bridgehead atoms. The number of fused-ring (bicyclic) bond motifs is 2. The molecule has 1 unspecified atom stereocenters. The maximum Gasteiger partial charge on any atom is 0.227 e. The smallest absolute Gasteiger partial charge is 0.227 e. The Morgan fingerprint density at radius 3 is 2.93 bits per heavy atom. The van der Waals surface area contributed by atoms with Gasteiger partial charge in [0.25, 0.3) is 0 Å². The highest BCUT2D eigenvalue weighted by molar-refractivity contribution is 7.98. The highest BCUT2D eigenvalue weighted by atomic mass is 32.2. The molecule has 1 aliphatic rings. The monoisotopic (exact) mass is 410 g/mol. The van der Waals surface area contributed by atoms with Gasteiger partial charge >= 0.3 is 0 Å². The van der Waals surface area contributed by atoms with Gasteiger partial charge < -0.3 is 9.47 Å². The molecule has 7 heteroatoms. The minimum Gasteiger partial charge on any atom is -0.460 e. The van der Waals surface area contributed by atoms with Crippen molar-refractivity contribution in [3.05, 3.63) is 82.7 Å². The number of hydrogen-bond acceptors (Lipinski definition) is 6. The van der Waals surface area contributed by atoms with Crippen LogP contribution in [0, 0.1) is 5.82 Å². The first-order valence-corrected chi connectivity index (χ1v) is 10.6. The molecule has 1 atom stereocenters. The van der Waals surface area contributed by atoms with Crippen LogP contribution in [-0.2, 0) is 17.1 Å². The molecular formula is C21H15FN2O2S2. The van der Waals surface area contributed by atoms with E-state index in [9.17, 15) is 4.39 Å². The number of ether oxygens (including phenoxy) is 2. The van der Waals surface area contributed by atoms with E-state index in [1.807, 2.05) is 41.8 Å².